The molecule has 1 aliphatic rings. The van der Waals surface area contributed by atoms with E-state index < -0.39 is 17.7 Å². The van der Waals surface area contributed by atoms with Gasteiger partial charge in [0.15, 0.2) is 0 Å². The molecule has 1 saturated heterocycles. The quantitative estimate of drug-likeness (QED) is 0.250. The summed E-state index contributed by atoms with van der Waals surface area (Å²) in [7, 11) is 3.01. The number of amides is 1. The van der Waals surface area contributed by atoms with Crippen molar-refractivity contribution in [3.63, 3.8) is 0 Å². The van der Waals surface area contributed by atoms with Crippen LogP contribution in [0.5, 0.6) is 17.2 Å². The second-order valence-electron chi connectivity index (χ2n) is 8.13. The van der Waals surface area contributed by atoms with Crippen LogP contribution in [0.2, 0.25) is 5.02 Å². The summed E-state index contributed by atoms with van der Waals surface area (Å²) in [5.74, 6) is -0.162. The predicted octanol–water partition coefficient (Wildman–Crippen LogP) is 5.38. The molecule has 0 bridgehead atoms. The highest BCUT2D eigenvalue weighted by Gasteiger charge is 2.46. The number of likely N-dealkylation sites (tertiary alicyclic amines) is 1. The highest BCUT2D eigenvalue weighted by molar-refractivity contribution is 6.46. The molecule has 1 atom stereocenters. The number of methoxy groups -OCH3 is 2. The molecule has 186 valence electrons. The molecule has 0 saturated carbocycles. The van der Waals surface area contributed by atoms with Crippen molar-refractivity contribution in [2.75, 3.05) is 20.8 Å². The number of halogens is 1. The van der Waals surface area contributed by atoms with E-state index in [2.05, 4.69) is 0 Å². The molecule has 3 aromatic rings. The van der Waals surface area contributed by atoms with Crippen LogP contribution in [0.3, 0.4) is 0 Å². The van der Waals surface area contributed by atoms with Crippen molar-refractivity contribution in [2.24, 2.45) is 0 Å². The molecule has 0 radical (unpaired) electrons. The van der Waals surface area contributed by atoms with E-state index >= 15 is 0 Å². The fourth-order valence-electron chi connectivity index (χ4n) is 4.24. The van der Waals surface area contributed by atoms with E-state index in [1.807, 2.05) is 31.2 Å². The summed E-state index contributed by atoms with van der Waals surface area (Å²) >= 11 is 6.14. The molecule has 1 fully saturated rings. The molecular formula is C28H26ClNO6. The average Bonchev–Trinajstić information content (AvgIpc) is 3.14. The lowest BCUT2D eigenvalue weighted by Crippen LogP contribution is -2.29. The molecule has 1 amide bonds. The number of hydrogen-bond donors (Lipinski definition) is 1. The molecule has 0 aliphatic carbocycles. The first-order chi connectivity index (χ1) is 17.4. The Morgan fingerprint density at radius 2 is 1.72 bits per heavy atom. The van der Waals surface area contributed by atoms with Crippen LogP contribution < -0.4 is 14.2 Å². The van der Waals surface area contributed by atoms with Crippen molar-refractivity contribution in [1.29, 1.82) is 0 Å². The van der Waals surface area contributed by atoms with Crippen LogP contribution in [-0.4, -0.2) is 42.5 Å². The summed E-state index contributed by atoms with van der Waals surface area (Å²) in [6.07, 6.45) is 0. The zero-order valence-corrected chi connectivity index (χ0v) is 20.9. The Bertz CT molecular complexity index is 1320. The lowest BCUT2D eigenvalue weighted by molar-refractivity contribution is -0.140. The third kappa shape index (κ3) is 4.88. The second kappa shape index (κ2) is 10.7. The van der Waals surface area contributed by atoms with Gasteiger partial charge in [0, 0.05) is 12.1 Å². The Kier molecular flexibility index (Phi) is 7.50. The second-order valence-corrected chi connectivity index (χ2v) is 8.54. The van der Waals surface area contributed by atoms with E-state index in [0.29, 0.717) is 40.0 Å². The number of hydrogen-bond acceptors (Lipinski definition) is 6. The average molecular weight is 508 g/mol. The fourth-order valence-corrected chi connectivity index (χ4v) is 4.43. The van der Waals surface area contributed by atoms with Crippen LogP contribution in [0.4, 0.5) is 0 Å². The topological polar surface area (TPSA) is 85.3 Å². The van der Waals surface area contributed by atoms with Gasteiger partial charge in [-0.2, -0.15) is 0 Å². The zero-order valence-electron chi connectivity index (χ0n) is 20.2. The van der Waals surface area contributed by atoms with Gasteiger partial charge in [-0.15, -0.1) is 0 Å². The van der Waals surface area contributed by atoms with Crippen LogP contribution in [0, 0.1) is 0 Å². The van der Waals surface area contributed by atoms with Gasteiger partial charge in [-0.05, 0) is 60.5 Å². The van der Waals surface area contributed by atoms with Gasteiger partial charge in [0.1, 0.15) is 23.0 Å². The first-order valence-corrected chi connectivity index (χ1v) is 11.7. The Morgan fingerprint density at radius 1 is 0.972 bits per heavy atom. The Balaban J connectivity index is 1.84. The molecular weight excluding hydrogens is 482 g/mol. The van der Waals surface area contributed by atoms with Crippen LogP contribution in [0.25, 0.3) is 5.76 Å². The van der Waals surface area contributed by atoms with Crippen molar-refractivity contribution >= 4 is 29.1 Å². The van der Waals surface area contributed by atoms with Gasteiger partial charge < -0.3 is 24.2 Å². The maximum Gasteiger partial charge on any atom is 0.295 e. The number of aliphatic hydroxyl groups is 1. The minimum atomic E-state index is -0.826. The molecule has 8 heteroatoms. The van der Waals surface area contributed by atoms with Crippen molar-refractivity contribution in [3.8, 4) is 17.2 Å². The minimum absolute atomic E-state index is 0.0181. The summed E-state index contributed by atoms with van der Waals surface area (Å²) in [4.78, 5) is 28.0. The van der Waals surface area contributed by atoms with E-state index in [-0.39, 0.29) is 17.9 Å². The van der Waals surface area contributed by atoms with Crippen LogP contribution in [0.1, 0.15) is 29.7 Å². The maximum atomic E-state index is 13.3. The van der Waals surface area contributed by atoms with Crippen LogP contribution in [0.15, 0.2) is 72.3 Å². The fraction of sp³-hybridized carbons (Fsp3) is 0.214. The molecule has 1 heterocycles. The van der Waals surface area contributed by atoms with Crippen molar-refractivity contribution in [3.05, 3.63) is 94.0 Å². The van der Waals surface area contributed by atoms with Gasteiger partial charge in [-0.1, -0.05) is 35.9 Å². The molecule has 1 aliphatic heterocycles. The number of carbonyl (C=O) groups excluding carboxylic acids is 2. The molecule has 36 heavy (non-hydrogen) atoms. The maximum absolute atomic E-state index is 13.3. The number of rotatable bonds is 8. The number of aliphatic hydroxyl groups excluding tert-OH is 1. The van der Waals surface area contributed by atoms with E-state index in [0.717, 1.165) is 5.56 Å². The van der Waals surface area contributed by atoms with Gasteiger partial charge in [0.2, 0.25) is 0 Å². The molecule has 7 nitrogen and oxygen atoms in total. The number of nitrogens with zero attached hydrogens (tertiary/aromatic N) is 1. The van der Waals surface area contributed by atoms with Crippen LogP contribution in [-0.2, 0) is 16.1 Å². The number of benzene rings is 3. The Labute approximate surface area is 214 Å². The van der Waals surface area contributed by atoms with Gasteiger partial charge in [-0.25, -0.2) is 0 Å². The first kappa shape index (κ1) is 25.1. The summed E-state index contributed by atoms with van der Waals surface area (Å²) in [6, 6.07) is 18.2. The van der Waals surface area contributed by atoms with Crippen molar-refractivity contribution in [1.82, 2.24) is 4.90 Å². The monoisotopic (exact) mass is 507 g/mol. The third-order valence-electron chi connectivity index (χ3n) is 5.96. The Morgan fingerprint density at radius 3 is 2.39 bits per heavy atom. The van der Waals surface area contributed by atoms with Gasteiger partial charge in [-0.3, -0.25) is 9.59 Å². The highest BCUT2D eigenvalue weighted by atomic mass is 35.5. The van der Waals surface area contributed by atoms with Gasteiger partial charge in [0.25, 0.3) is 11.7 Å². The van der Waals surface area contributed by atoms with Gasteiger partial charge >= 0.3 is 0 Å². The highest BCUT2D eigenvalue weighted by Crippen LogP contribution is 2.41. The summed E-state index contributed by atoms with van der Waals surface area (Å²) in [6.45, 7) is 2.54. The summed E-state index contributed by atoms with van der Waals surface area (Å²) in [5.41, 5.74) is 1.73. The molecule has 0 spiro atoms. The molecule has 0 aromatic heterocycles. The minimum Gasteiger partial charge on any atom is -0.507 e. The molecule has 4 rings (SSSR count). The van der Waals surface area contributed by atoms with Crippen molar-refractivity contribution < 1.29 is 28.9 Å². The zero-order chi connectivity index (χ0) is 25.8. The lowest BCUT2D eigenvalue weighted by Gasteiger charge is -2.26. The van der Waals surface area contributed by atoms with E-state index in [4.69, 9.17) is 25.8 Å². The lowest BCUT2D eigenvalue weighted by atomic mass is 9.95. The molecule has 1 N–H and O–H groups in total. The standard InChI is InChI=1S/C28H26ClNO6/c1-4-36-21-7-5-6-17(14-21)16-30-25(18-8-11-20(34-2)12-9-18)24(27(32)28(30)33)26(31)19-10-13-22(29)23(15-19)35-3/h5-15,25,31H,4,16H2,1-3H3/b26-24-. The summed E-state index contributed by atoms with van der Waals surface area (Å²) < 4.78 is 16.1. The first-order valence-electron chi connectivity index (χ1n) is 11.4. The number of ketones is 1. The predicted molar refractivity (Wildman–Crippen MR) is 136 cm³/mol. The Hall–Kier alpha value is -3.97. The third-order valence-corrected chi connectivity index (χ3v) is 6.27. The smallest absolute Gasteiger partial charge is 0.295 e. The SMILES string of the molecule is CCOc1cccc(CN2C(=O)C(=O)/C(=C(\O)c3ccc(Cl)c(OC)c3)C2c2ccc(OC)cc2)c1. The van der Waals surface area contributed by atoms with E-state index in [9.17, 15) is 14.7 Å². The normalized spacial score (nSPS) is 16.8. The number of ether oxygens (including phenoxy) is 3. The molecule has 1 unspecified atom stereocenters. The summed E-state index contributed by atoms with van der Waals surface area (Å²) in [5, 5.41) is 11.6. The number of Topliss-reactive ketones (excluding diaryl/α,β-unsaturated/α-hetero) is 1. The van der Waals surface area contributed by atoms with Crippen LogP contribution >= 0.6 is 11.6 Å². The van der Waals surface area contributed by atoms with Crippen molar-refractivity contribution in [2.45, 2.75) is 19.5 Å². The molecule has 3 aromatic carbocycles. The van der Waals surface area contributed by atoms with Gasteiger partial charge in [0.05, 0.1) is 37.5 Å². The van der Waals surface area contributed by atoms with E-state index in [1.165, 1.54) is 18.1 Å². The largest absolute Gasteiger partial charge is 0.507 e. The van der Waals surface area contributed by atoms with E-state index in [1.54, 1.807) is 43.5 Å². The number of carbonyl (C=O) groups is 2.